The van der Waals surface area contributed by atoms with Crippen molar-refractivity contribution in [3.05, 3.63) is 34.3 Å². The monoisotopic (exact) mass is 326 g/mol. The highest BCUT2D eigenvalue weighted by Crippen LogP contribution is 2.16. The van der Waals surface area contributed by atoms with Crippen molar-refractivity contribution < 1.29 is 4.74 Å². The second-order valence-corrected chi connectivity index (χ2v) is 5.98. The molecule has 1 fully saturated rings. The first kappa shape index (κ1) is 15.0. The smallest absolute Gasteiger partial charge is 0.0826 e. The van der Waals surface area contributed by atoms with Gasteiger partial charge in [-0.05, 0) is 31.2 Å². The predicted molar refractivity (Wildman–Crippen MR) is 82.4 cm³/mol. The summed E-state index contributed by atoms with van der Waals surface area (Å²) in [6, 6.07) is 8.84. The second kappa shape index (κ2) is 7.39. The van der Waals surface area contributed by atoms with E-state index in [4.69, 9.17) is 4.74 Å². The fourth-order valence-corrected chi connectivity index (χ4v) is 2.63. The Morgan fingerprint density at radius 3 is 2.84 bits per heavy atom. The van der Waals surface area contributed by atoms with E-state index in [1.807, 2.05) is 0 Å². The number of hydrogen-bond acceptors (Lipinski definition) is 3. The molecule has 2 rings (SSSR count). The number of rotatable bonds is 5. The summed E-state index contributed by atoms with van der Waals surface area (Å²) in [5.41, 5.74) is 1.31. The van der Waals surface area contributed by atoms with Crippen molar-refractivity contribution in [2.45, 2.75) is 26.0 Å². The first-order valence-corrected chi connectivity index (χ1v) is 7.81. The predicted octanol–water partition coefficient (Wildman–Crippen LogP) is 2.82. The van der Waals surface area contributed by atoms with E-state index in [2.05, 4.69) is 64.3 Å². The first-order chi connectivity index (χ1) is 9.19. The van der Waals surface area contributed by atoms with Gasteiger partial charge in [0.05, 0.1) is 12.7 Å². The van der Waals surface area contributed by atoms with Gasteiger partial charge in [0.25, 0.3) is 0 Å². The van der Waals surface area contributed by atoms with Crippen molar-refractivity contribution in [2.75, 3.05) is 32.8 Å². The van der Waals surface area contributed by atoms with Gasteiger partial charge in [0.15, 0.2) is 0 Å². The molecule has 1 heterocycles. The molecular weight excluding hydrogens is 304 g/mol. The highest BCUT2D eigenvalue weighted by molar-refractivity contribution is 9.10. The van der Waals surface area contributed by atoms with Crippen LogP contribution in [0.4, 0.5) is 0 Å². The van der Waals surface area contributed by atoms with Gasteiger partial charge in [-0.15, -0.1) is 0 Å². The lowest BCUT2D eigenvalue weighted by Crippen LogP contribution is -2.46. The van der Waals surface area contributed by atoms with Crippen LogP contribution in [0.2, 0.25) is 0 Å². The number of nitrogens with zero attached hydrogens (tertiary/aromatic N) is 1. The maximum atomic E-state index is 5.80. The maximum Gasteiger partial charge on any atom is 0.0826 e. The summed E-state index contributed by atoms with van der Waals surface area (Å²) in [6.07, 6.45) is 0.312. The van der Waals surface area contributed by atoms with Crippen molar-refractivity contribution in [2.24, 2.45) is 0 Å². The highest BCUT2D eigenvalue weighted by atomic mass is 79.9. The average molecular weight is 327 g/mol. The molecular formula is C15H23BrN2O. The lowest BCUT2D eigenvalue weighted by atomic mass is 10.1. The first-order valence-electron chi connectivity index (χ1n) is 7.02. The quantitative estimate of drug-likeness (QED) is 0.900. The summed E-state index contributed by atoms with van der Waals surface area (Å²) in [5, 5.41) is 3.57. The SMILES string of the molecule is CCN1CCOC(CNC(C)c2ccc(Br)cc2)C1. The Morgan fingerprint density at radius 2 is 2.16 bits per heavy atom. The van der Waals surface area contributed by atoms with Crippen LogP contribution in [0.25, 0.3) is 0 Å². The third-order valence-electron chi connectivity index (χ3n) is 3.69. The minimum atomic E-state index is 0.312. The molecule has 1 aliphatic rings. The molecule has 3 nitrogen and oxygen atoms in total. The number of ether oxygens (including phenoxy) is 1. The van der Waals surface area contributed by atoms with Gasteiger partial charge in [-0.25, -0.2) is 0 Å². The van der Waals surface area contributed by atoms with Crippen LogP contribution < -0.4 is 5.32 Å². The summed E-state index contributed by atoms with van der Waals surface area (Å²) in [4.78, 5) is 2.44. The van der Waals surface area contributed by atoms with Crippen LogP contribution in [0.15, 0.2) is 28.7 Å². The van der Waals surface area contributed by atoms with Gasteiger partial charge in [0.2, 0.25) is 0 Å². The Hall–Kier alpha value is -0.420. The number of hydrogen-bond donors (Lipinski definition) is 1. The van der Waals surface area contributed by atoms with E-state index in [-0.39, 0.29) is 0 Å². The lowest BCUT2D eigenvalue weighted by molar-refractivity contribution is -0.0262. The largest absolute Gasteiger partial charge is 0.374 e. The van der Waals surface area contributed by atoms with Crippen LogP contribution in [0.5, 0.6) is 0 Å². The van der Waals surface area contributed by atoms with Gasteiger partial charge in [0.1, 0.15) is 0 Å². The van der Waals surface area contributed by atoms with E-state index in [9.17, 15) is 0 Å². The molecule has 106 valence electrons. The third kappa shape index (κ3) is 4.56. The van der Waals surface area contributed by atoms with Crippen molar-refractivity contribution in [1.82, 2.24) is 10.2 Å². The van der Waals surface area contributed by atoms with E-state index in [0.29, 0.717) is 12.1 Å². The molecule has 1 saturated heterocycles. The molecule has 0 bridgehead atoms. The fraction of sp³-hybridized carbons (Fsp3) is 0.600. The van der Waals surface area contributed by atoms with E-state index >= 15 is 0 Å². The Labute approximate surface area is 124 Å². The maximum absolute atomic E-state index is 5.80. The Balaban J connectivity index is 1.79. The van der Waals surface area contributed by atoms with Crippen LogP contribution >= 0.6 is 15.9 Å². The van der Waals surface area contributed by atoms with Gasteiger partial charge < -0.3 is 10.1 Å². The Morgan fingerprint density at radius 1 is 1.42 bits per heavy atom. The molecule has 1 aromatic carbocycles. The lowest BCUT2D eigenvalue weighted by Gasteiger charge is -2.32. The van der Waals surface area contributed by atoms with Gasteiger partial charge >= 0.3 is 0 Å². The Kier molecular flexibility index (Phi) is 5.82. The van der Waals surface area contributed by atoms with Gasteiger partial charge in [-0.2, -0.15) is 0 Å². The topological polar surface area (TPSA) is 24.5 Å². The van der Waals surface area contributed by atoms with E-state index in [1.54, 1.807) is 0 Å². The summed E-state index contributed by atoms with van der Waals surface area (Å²) in [7, 11) is 0. The fourth-order valence-electron chi connectivity index (χ4n) is 2.37. The van der Waals surface area contributed by atoms with Crippen molar-refractivity contribution in [3.63, 3.8) is 0 Å². The zero-order valence-corrected chi connectivity index (χ0v) is 13.3. The molecule has 19 heavy (non-hydrogen) atoms. The molecule has 0 radical (unpaired) electrons. The van der Waals surface area contributed by atoms with E-state index in [1.165, 1.54) is 5.56 Å². The third-order valence-corrected chi connectivity index (χ3v) is 4.22. The van der Waals surface area contributed by atoms with Crippen LogP contribution in [0.3, 0.4) is 0 Å². The van der Waals surface area contributed by atoms with Crippen molar-refractivity contribution in [1.29, 1.82) is 0 Å². The minimum Gasteiger partial charge on any atom is -0.374 e. The summed E-state index contributed by atoms with van der Waals surface area (Å²) < 4.78 is 6.93. The molecule has 1 aliphatic heterocycles. The summed E-state index contributed by atoms with van der Waals surface area (Å²) in [6.45, 7) is 9.39. The molecule has 1 N–H and O–H groups in total. The van der Waals surface area contributed by atoms with Crippen LogP contribution in [0.1, 0.15) is 25.5 Å². The zero-order valence-electron chi connectivity index (χ0n) is 11.7. The number of halogens is 1. The number of benzene rings is 1. The van der Waals surface area contributed by atoms with Crippen LogP contribution in [-0.2, 0) is 4.74 Å². The highest BCUT2D eigenvalue weighted by Gasteiger charge is 2.19. The summed E-state index contributed by atoms with van der Waals surface area (Å²) >= 11 is 3.46. The molecule has 2 unspecified atom stereocenters. The van der Waals surface area contributed by atoms with Crippen LogP contribution in [-0.4, -0.2) is 43.8 Å². The second-order valence-electron chi connectivity index (χ2n) is 5.07. The van der Waals surface area contributed by atoms with Gasteiger partial charge in [0, 0.05) is 30.1 Å². The molecule has 2 atom stereocenters. The van der Waals surface area contributed by atoms with Gasteiger partial charge in [-0.3, -0.25) is 4.90 Å². The van der Waals surface area contributed by atoms with Crippen molar-refractivity contribution >= 4 is 15.9 Å². The minimum absolute atomic E-state index is 0.312. The molecule has 0 spiro atoms. The van der Waals surface area contributed by atoms with Crippen LogP contribution in [0, 0.1) is 0 Å². The Bertz CT molecular complexity index is 382. The molecule has 0 amide bonds. The van der Waals surface area contributed by atoms with E-state index < -0.39 is 0 Å². The molecule has 0 saturated carbocycles. The zero-order chi connectivity index (χ0) is 13.7. The molecule has 1 aromatic rings. The normalized spacial score (nSPS) is 22.4. The molecule has 4 heteroatoms. The molecule has 0 aromatic heterocycles. The van der Waals surface area contributed by atoms with Gasteiger partial charge in [-0.1, -0.05) is 35.0 Å². The van der Waals surface area contributed by atoms with E-state index in [0.717, 1.165) is 37.3 Å². The summed E-state index contributed by atoms with van der Waals surface area (Å²) in [5.74, 6) is 0. The average Bonchev–Trinajstić information content (AvgIpc) is 2.46. The molecule has 0 aliphatic carbocycles. The number of likely N-dealkylation sites (N-methyl/N-ethyl adjacent to an activating group) is 1. The number of nitrogens with one attached hydrogen (secondary N) is 1. The standard InChI is InChI=1S/C15H23BrN2O/c1-3-18-8-9-19-15(11-18)10-17-12(2)13-4-6-14(16)7-5-13/h4-7,12,15,17H,3,8-11H2,1-2H3. The van der Waals surface area contributed by atoms with Crippen molar-refractivity contribution in [3.8, 4) is 0 Å². The number of morpholine rings is 1.